The molecule has 0 aliphatic carbocycles. The fraction of sp³-hybridized carbons (Fsp3) is 0.286. The molecule has 2 rings (SSSR count). The molecule has 100 valence electrons. The third-order valence-electron chi connectivity index (χ3n) is 2.94. The summed E-state index contributed by atoms with van der Waals surface area (Å²) in [5.74, 6) is 1.35. The second-order valence-electron chi connectivity index (χ2n) is 4.24. The Kier molecular flexibility index (Phi) is 3.97. The third-order valence-corrected chi connectivity index (χ3v) is 2.94. The van der Waals surface area contributed by atoms with E-state index in [2.05, 4.69) is 15.3 Å². The molecule has 0 unspecified atom stereocenters. The van der Waals surface area contributed by atoms with Crippen molar-refractivity contribution >= 4 is 0 Å². The number of aromatic nitrogens is 2. The molecule has 1 heterocycles. The Morgan fingerprint density at radius 2 is 2.00 bits per heavy atom. The summed E-state index contributed by atoms with van der Waals surface area (Å²) >= 11 is 0. The van der Waals surface area contributed by atoms with Gasteiger partial charge in [-0.1, -0.05) is 0 Å². The first kappa shape index (κ1) is 13.3. The minimum Gasteiger partial charge on any atom is -0.497 e. The van der Waals surface area contributed by atoms with Crippen LogP contribution in [0.3, 0.4) is 0 Å². The Bertz CT molecular complexity index is 618. The van der Waals surface area contributed by atoms with Gasteiger partial charge in [0.15, 0.2) is 0 Å². The molecule has 5 nitrogen and oxygen atoms in total. The Labute approximate surface area is 111 Å². The Hall–Kier alpha value is -2.14. The number of aromatic amines is 1. The smallest absolute Gasteiger partial charge is 0.255 e. The van der Waals surface area contributed by atoms with Gasteiger partial charge in [0.05, 0.1) is 12.7 Å². The molecule has 0 aliphatic rings. The SMILES string of the molecule is CNCc1c(C)nc(-c2ccc(OC)cc2)[nH]c1=O. The molecule has 0 radical (unpaired) electrons. The van der Waals surface area contributed by atoms with Crippen LogP contribution in [0.4, 0.5) is 0 Å². The average molecular weight is 259 g/mol. The second kappa shape index (κ2) is 5.67. The Balaban J connectivity index is 2.42. The van der Waals surface area contributed by atoms with Crippen LogP contribution in [0.5, 0.6) is 5.75 Å². The van der Waals surface area contributed by atoms with E-state index >= 15 is 0 Å². The van der Waals surface area contributed by atoms with Crippen LogP contribution in [-0.4, -0.2) is 24.1 Å². The number of ether oxygens (including phenoxy) is 1. The molecule has 1 aromatic heterocycles. The van der Waals surface area contributed by atoms with Gasteiger partial charge in [0.2, 0.25) is 0 Å². The van der Waals surface area contributed by atoms with Crippen molar-refractivity contribution in [1.82, 2.24) is 15.3 Å². The standard InChI is InChI=1S/C14H17N3O2/c1-9-12(8-15-2)14(18)17-13(16-9)10-4-6-11(19-3)7-5-10/h4-7,15H,8H2,1-3H3,(H,16,17,18). The van der Waals surface area contributed by atoms with Crippen LogP contribution in [0.15, 0.2) is 29.1 Å². The fourth-order valence-electron chi connectivity index (χ4n) is 1.88. The maximum atomic E-state index is 12.0. The van der Waals surface area contributed by atoms with Crippen molar-refractivity contribution in [3.05, 3.63) is 45.9 Å². The highest BCUT2D eigenvalue weighted by Gasteiger charge is 2.08. The van der Waals surface area contributed by atoms with Crippen molar-refractivity contribution in [2.24, 2.45) is 0 Å². The summed E-state index contributed by atoms with van der Waals surface area (Å²) in [4.78, 5) is 19.2. The molecule has 2 aromatic rings. The van der Waals surface area contributed by atoms with E-state index in [-0.39, 0.29) is 5.56 Å². The van der Waals surface area contributed by atoms with Crippen molar-refractivity contribution in [1.29, 1.82) is 0 Å². The van der Waals surface area contributed by atoms with Gasteiger partial charge in [0.25, 0.3) is 5.56 Å². The quantitative estimate of drug-likeness (QED) is 0.872. The summed E-state index contributed by atoms with van der Waals surface area (Å²) in [6, 6.07) is 7.42. The van der Waals surface area contributed by atoms with Crippen LogP contribution in [0.2, 0.25) is 0 Å². The van der Waals surface area contributed by atoms with E-state index in [4.69, 9.17) is 4.74 Å². The summed E-state index contributed by atoms with van der Waals surface area (Å²) in [5.41, 5.74) is 2.16. The molecule has 0 saturated heterocycles. The zero-order chi connectivity index (χ0) is 13.8. The summed E-state index contributed by atoms with van der Waals surface area (Å²) in [5, 5.41) is 2.96. The van der Waals surface area contributed by atoms with E-state index in [9.17, 15) is 4.79 Å². The van der Waals surface area contributed by atoms with Crippen LogP contribution in [0.25, 0.3) is 11.4 Å². The van der Waals surface area contributed by atoms with Crippen molar-refractivity contribution in [3.8, 4) is 17.1 Å². The lowest BCUT2D eigenvalue weighted by atomic mass is 10.2. The number of hydrogen-bond donors (Lipinski definition) is 2. The van der Waals surface area contributed by atoms with Gasteiger partial charge >= 0.3 is 0 Å². The minimum absolute atomic E-state index is 0.104. The molecule has 19 heavy (non-hydrogen) atoms. The van der Waals surface area contributed by atoms with E-state index in [1.165, 1.54) is 0 Å². The van der Waals surface area contributed by atoms with E-state index in [0.717, 1.165) is 17.0 Å². The number of benzene rings is 1. The molecule has 1 aromatic carbocycles. The molecule has 5 heteroatoms. The maximum Gasteiger partial charge on any atom is 0.255 e. The Morgan fingerprint density at radius 3 is 2.53 bits per heavy atom. The summed E-state index contributed by atoms with van der Waals surface area (Å²) in [6.07, 6.45) is 0. The first-order chi connectivity index (χ1) is 9.15. The highest BCUT2D eigenvalue weighted by atomic mass is 16.5. The Morgan fingerprint density at radius 1 is 1.32 bits per heavy atom. The molecular formula is C14H17N3O2. The number of nitrogens with one attached hydrogen (secondary N) is 2. The molecule has 0 saturated carbocycles. The molecule has 2 N–H and O–H groups in total. The number of nitrogens with zero attached hydrogens (tertiary/aromatic N) is 1. The van der Waals surface area contributed by atoms with E-state index in [1.54, 1.807) is 14.2 Å². The molecular weight excluding hydrogens is 242 g/mol. The first-order valence-corrected chi connectivity index (χ1v) is 6.04. The molecule has 0 spiro atoms. The number of H-pyrrole nitrogens is 1. The van der Waals surface area contributed by atoms with Gasteiger partial charge < -0.3 is 15.0 Å². The highest BCUT2D eigenvalue weighted by molar-refractivity contribution is 5.56. The van der Waals surface area contributed by atoms with Gasteiger partial charge in [0.1, 0.15) is 11.6 Å². The summed E-state index contributed by atoms with van der Waals surface area (Å²) in [7, 11) is 3.42. The van der Waals surface area contributed by atoms with E-state index in [1.807, 2.05) is 31.2 Å². The van der Waals surface area contributed by atoms with E-state index < -0.39 is 0 Å². The third kappa shape index (κ3) is 2.82. The lowest BCUT2D eigenvalue weighted by Crippen LogP contribution is -2.21. The zero-order valence-electron chi connectivity index (χ0n) is 11.3. The summed E-state index contributed by atoms with van der Waals surface area (Å²) in [6.45, 7) is 2.35. The van der Waals surface area contributed by atoms with Crippen LogP contribution in [0, 0.1) is 6.92 Å². The van der Waals surface area contributed by atoms with Gasteiger partial charge in [-0.15, -0.1) is 0 Å². The second-order valence-corrected chi connectivity index (χ2v) is 4.24. The van der Waals surface area contributed by atoms with Crippen molar-refractivity contribution < 1.29 is 4.74 Å². The van der Waals surface area contributed by atoms with Gasteiger partial charge in [-0.2, -0.15) is 0 Å². The summed E-state index contributed by atoms with van der Waals surface area (Å²) < 4.78 is 5.10. The minimum atomic E-state index is -0.104. The molecule has 0 amide bonds. The monoisotopic (exact) mass is 259 g/mol. The zero-order valence-corrected chi connectivity index (χ0v) is 11.3. The van der Waals surface area contributed by atoms with Gasteiger partial charge in [-0.05, 0) is 38.2 Å². The number of rotatable bonds is 4. The van der Waals surface area contributed by atoms with Crippen LogP contribution in [-0.2, 0) is 6.54 Å². The van der Waals surface area contributed by atoms with Gasteiger partial charge in [0, 0.05) is 17.8 Å². The number of hydrogen-bond acceptors (Lipinski definition) is 4. The predicted octanol–water partition coefficient (Wildman–Crippen LogP) is 1.47. The van der Waals surface area contributed by atoms with Crippen molar-refractivity contribution in [3.63, 3.8) is 0 Å². The lowest BCUT2D eigenvalue weighted by molar-refractivity contribution is 0.415. The van der Waals surface area contributed by atoms with Crippen LogP contribution in [0.1, 0.15) is 11.3 Å². The topological polar surface area (TPSA) is 67.0 Å². The van der Waals surface area contributed by atoms with Crippen LogP contribution < -0.4 is 15.6 Å². The normalized spacial score (nSPS) is 10.5. The van der Waals surface area contributed by atoms with Crippen molar-refractivity contribution in [2.45, 2.75) is 13.5 Å². The van der Waals surface area contributed by atoms with Crippen molar-refractivity contribution in [2.75, 3.05) is 14.2 Å². The fourth-order valence-corrected chi connectivity index (χ4v) is 1.88. The van der Waals surface area contributed by atoms with Gasteiger partial charge in [-0.3, -0.25) is 4.79 Å². The van der Waals surface area contributed by atoms with Crippen LogP contribution >= 0.6 is 0 Å². The molecule has 0 bridgehead atoms. The highest BCUT2D eigenvalue weighted by Crippen LogP contribution is 2.18. The molecule has 0 fully saturated rings. The average Bonchev–Trinajstić information content (AvgIpc) is 2.43. The predicted molar refractivity (Wildman–Crippen MR) is 74.3 cm³/mol. The lowest BCUT2D eigenvalue weighted by Gasteiger charge is -2.07. The number of aryl methyl sites for hydroxylation is 1. The van der Waals surface area contributed by atoms with Gasteiger partial charge in [-0.25, -0.2) is 4.98 Å². The maximum absolute atomic E-state index is 12.0. The molecule has 0 atom stereocenters. The largest absolute Gasteiger partial charge is 0.497 e. The first-order valence-electron chi connectivity index (χ1n) is 6.04. The number of methoxy groups -OCH3 is 1. The van der Waals surface area contributed by atoms with E-state index in [0.29, 0.717) is 17.9 Å². The molecule has 0 aliphatic heterocycles.